The van der Waals surface area contributed by atoms with Gasteiger partial charge in [-0.1, -0.05) is 12.2 Å². The molecule has 0 N–H and O–H groups in total. The van der Waals surface area contributed by atoms with Crippen molar-refractivity contribution in [1.82, 2.24) is 0 Å². The maximum absolute atomic E-state index is 10.0. The normalized spacial score (nSPS) is 9.27. The smallest absolute Gasteiger partial charge is 0.403 e. The van der Waals surface area contributed by atoms with Gasteiger partial charge in [-0.2, -0.15) is 0 Å². The minimum absolute atomic E-state index is 0.190. The van der Waals surface area contributed by atoms with Gasteiger partial charge in [0.25, 0.3) is 0 Å². The number of halogens is 1. The zero-order valence-electron chi connectivity index (χ0n) is 6.43. The molecule has 0 rings (SSSR count). The molecule has 0 aromatic rings. The molecule has 0 aromatic heterocycles. The van der Waals surface area contributed by atoms with Crippen LogP contribution in [0.4, 0.5) is 4.79 Å². The van der Waals surface area contributed by atoms with Gasteiger partial charge >= 0.3 is 5.43 Å². The average molecular weight is 179 g/mol. The van der Waals surface area contributed by atoms with Crippen molar-refractivity contribution in [3.63, 3.8) is 0 Å². The van der Waals surface area contributed by atoms with E-state index in [0.29, 0.717) is 13.2 Å². The fourth-order valence-electron chi connectivity index (χ4n) is 0.427. The first kappa shape index (κ1) is 10.5. The first-order valence-electron chi connectivity index (χ1n) is 3.17. The second-order valence-electron chi connectivity index (χ2n) is 2.10. The summed E-state index contributed by atoms with van der Waals surface area (Å²) >= 11 is 4.89. The molecule has 4 heteroatoms. The van der Waals surface area contributed by atoms with Crippen LogP contribution in [0.25, 0.3) is 0 Å². The number of ether oxygens (including phenoxy) is 2. The second-order valence-corrected chi connectivity index (χ2v) is 2.40. The number of carbonyl (C=O) groups excluding carboxylic acids is 1. The quantitative estimate of drug-likeness (QED) is 0.367. The van der Waals surface area contributed by atoms with E-state index in [-0.39, 0.29) is 6.61 Å². The Hall–Kier alpha value is -0.540. The third-order valence-electron chi connectivity index (χ3n) is 0.792. The van der Waals surface area contributed by atoms with Gasteiger partial charge in [0.2, 0.25) is 0 Å². The van der Waals surface area contributed by atoms with Crippen molar-refractivity contribution in [3.05, 3.63) is 12.2 Å². The lowest BCUT2D eigenvalue weighted by Crippen LogP contribution is -2.06. The number of rotatable bonds is 5. The SMILES string of the molecule is C=C(C)COCCOC(=O)Cl. The molecule has 0 bridgehead atoms. The van der Waals surface area contributed by atoms with Crippen LogP contribution < -0.4 is 0 Å². The summed E-state index contributed by atoms with van der Waals surface area (Å²) in [5, 5.41) is 0. The van der Waals surface area contributed by atoms with E-state index in [1.54, 1.807) is 0 Å². The molecule has 0 heterocycles. The first-order valence-corrected chi connectivity index (χ1v) is 3.55. The minimum atomic E-state index is -0.802. The van der Waals surface area contributed by atoms with Crippen LogP contribution in [0, 0.1) is 0 Å². The molecule has 3 nitrogen and oxygen atoms in total. The van der Waals surface area contributed by atoms with E-state index in [0.717, 1.165) is 5.57 Å². The van der Waals surface area contributed by atoms with E-state index in [9.17, 15) is 4.79 Å². The standard InChI is InChI=1S/C7H11ClO3/c1-6(2)5-10-3-4-11-7(8)9/h1,3-5H2,2H3. The third kappa shape index (κ3) is 9.46. The molecular weight excluding hydrogens is 168 g/mol. The summed E-state index contributed by atoms with van der Waals surface area (Å²) in [5.74, 6) is 0. The van der Waals surface area contributed by atoms with Crippen molar-refractivity contribution < 1.29 is 14.3 Å². The molecule has 0 aromatic carbocycles. The van der Waals surface area contributed by atoms with Gasteiger partial charge in [-0.15, -0.1) is 0 Å². The van der Waals surface area contributed by atoms with Gasteiger partial charge in [0.15, 0.2) is 0 Å². The molecule has 0 aliphatic carbocycles. The molecule has 0 aliphatic rings. The zero-order valence-corrected chi connectivity index (χ0v) is 7.19. The van der Waals surface area contributed by atoms with Crippen LogP contribution in [-0.2, 0) is 9.47 Å². The molecular formula is C7H11ClO3. The van der Waals surface area contributed by atoms with Crippen molar-refractivity contribution in [2.75, 3.05) is 19.8 Å². The fraction of sp³-hybridized carbons (Fsp3) is 0.571. The zero-order chi connectivity index (χ0) is 8.69. The van der Waals surface area contributed by atoms with Gasteiger partial charge in [0.1, 0.15) is 6.61 Å². The van der Waals surface area contributed by atoms with E-state index >= 15 is 0 Å². The summed E-state index contributed by atoms with van der Waals surface area (Å²) < 4.78 is 9.41. The molecule has 11 heavy (non-hydrogen) atoms. The van der Waals surface area contributed by atoms with E-state index in [1.807, 2.05) is 6.92 Å². The maximum atomic E-state index is 10.0. The fourth-order valence-corrected chi connectivity index (χ4v) is 0.504. The summed E-state index contributed by atoms with van der Waals surface area (Å²) in [7, 11) is 0. The van der Waals surface area contributed by atoms with Crippen LogP contribution in [-0.4, -0.2) is 25.2 Å². The average Bonchev–Trinajstić information content (AvgIpc) is 1.85. The van der Waals surface area contributed by atoms with Gasteiger partial charge in [0.05, 0.1) is 13.2 Å². The molecule has 0 fully saturated rings. The number of hydrogen-bond acceptors (Lipinski definition) is 3. The van der Waals surface area contributed by atoms with Gasteiger partial charge in [-0.3, -0.25) is 0 Å². The molecule has 0 aliphatic heterocycles. The largest absolute Gasteiger partial charge is 0.451 e. The van der Waals surface area contributed by atoms with E-state index < -0.39 is 5.43 Å². The lowest BCUT2D eigenvalue weighted by Gasteiger charge is -2.02. The molecule has 0 amide bonds. The Morgan fingerprint density at radius 1 is 1.55 bits per heavy atom. The topological polar surface area (TPSA) is 35.5 Å². The molecule has 64 valence electrons. The Bertz CT molecular complexity index is 129. The highest BCUT2D eigenvalue weighted by Gasteiger charge is 1.94. The van der Waals surface area contributed by atoms with Crippen molar-refractivity contribution >= 4 is 17.0 Å². The Labute approximate surface area is 70.9 Å². The highest BCUT2D eigenvalue weighted by molar-refractivity contribution is 6.61. The van der Waals surface area contributed by atoms with E-state index in [2.05, 4.69) is 11.3 Å². The third-order valence-corrected chi connectivity index (χ3v) is 0.901. The monoisotopic (exact) mass is 178 g/mol. The molecule has 0 unspecified atom stereocenters. The van der Waals surface area contributed by atoms with Crippen LogP contribution in [0.15, 0.2) is 12.2 Å². The lowest BCUT2D eigenvalue weighted by molar-refractivity contribution is 0.0942. The van der Waals surface area contributed by atoms with Gasteiger partial charge in [-0.25, -0.2) is 4.79 Å². The van der Waals surface area contributed by atoms with Crippen LogP contribution in [0.3, 0.4) is 0 Å². The highest BCUT2D eigenvalue weighted by Crippen LogP contribution is 1.90. The number of carbonyl (C=O) groups is 1. The summed E-state index contributed by atoms with van der Waals surface area (Å²) in [6.45, 7) is 6.51. The van der Waals surface area contributed by atoms with Crippen LogP contribution in [0.1, 0.15) is 6.92 Å². The van der Waals surface area contributed by atoms with E-state index in [4.69, 9.17) is 16.3 Å². The van der Waals surface area contributed by atoms with Crippen LogP contribution in [0.5, 0.6) is 0 Å². The summed E-state index contributed by atoms with van der Waals surface area (Å²) in [6, 6.07) is 0. The Morgan fingerprint density at radius 2 is 2.18 bits per heavy atom. The van der Waals surface area contributed by atoms with Crippen molar-refractivity contribution in [2.24, 2.45) is 0 Å². The van der Waals surface area contributed by atoms with Gasteiger partial charge in [-0.05, 0) is 6.92 Å². The summed E-state index contributed by atoms with van der Waals surface area (Å²) in [6.07, 6.45) is 0. The Morgan fingerprint density at radius 3 is 2.64 bits per heavy atom. The maximum Gasteiger partial charge on any atom is 0.403 e. The number of hydrogen-bond donors (Lipinski definition) is 0. The lowest BCUT2D eigenvalue weighted by atomic mass is 10.4. The predicted octanol–water partition coefficient (Wildman–Crippen LogP) is 1.95. The molecule has 0 radical (unpaired) electrons. The molecule has 0 saturated carbocycles. The first-order chi connectivity index (χ1) is 5.13. The van der Waals surface area contributed by atoms with Crippen molar-refractivity contribution in [2.45, 2.75) is 6.92 Å². The van der Waals surface area contributed by atoms with Crippen molar-refractivity contribution in [1.29, 1.82) is 0 Å². The second kappa shape index (κ2) is 6.19. The van der Waals surface area contributed by atoms with Crippen molar-refractivity contribution in [3.8, 4) is 0 Å². The molecule has 0 atom stereocenters. The van der Waals surface area contributed by atoms with E-state index in [1.165, 1.54) is 0 Å². The molecule has 0 saturated heterocycles. The minimum Gasteiger partial charge on any atom is -0.451 e. The highest BCUT2D eigenvalue weighted by atomic mass is 35.5. The molecule has 0 spiro atoms. The van der Waals surface area contributed by atoms with Crippen LogP contribution in [0.2, 0.25) is 0 Å². The van der Waals surface area contributed by atoms with Gasteiger partial charge in [0, 0.05) is 11.6 Å². The van der Waals surface area contributed by atoms with Crippen LogP contribution >= 0.6 is 11.6 Å². The summed E-state index contributed by atoms with van der Waals surface area (Å²) in [4.78, 5) is 10.0. The Balaban J connectivity index is 3.03. The predicted molar refractivity (Wildman–Crippen MR) is 42.8 cm³/mol. The summed E-state index contributed by atoms with van der Waals surface area (Å²) in [5.41, 5.74) is 0.131. The Kier molecular flexibility index (Phi) is 5.88. The van der Waals surface area contributed by atoms with Gasteiger partial charge < -0.3 is 9.47 Å².